The summed E-state index contributed by atoms with van der Waals surface area (Å²) in [6.07, 6.45) is 0. The second-order valence-electron chi connectivity index (χ2n) is 4.98. The smallest absolute Gasteiger partial charge is 0.305 e. The van der Waals surface area contributed by atoms with Gasteiger partial charge in [-0.15, -0.1) is 10.2 Å². The van der Waals surface area contributed by atoms with Crippen LogP contribution in [-0.4, -0.2) is 49.9 Å². The van der Waals surface area contributed by atoms with E-state index in [2.05, 4.69) is 20.6 Å². The van der Waals surface area contributed by atoms with E-state index >= 15 is 0 Å². The highest BCUT2D eigenvalue weighted by molar-refractivity contribution is 7.86. The summed E-state index contributed by atoms with van der Waals surface area (Å²) in [7, 11) is -3.74. The largest absolute Gasteiger partial charge is 0.481 e. The number of aliphatic carboxylic acids is 1. The van der Waals surface area contributed by atoms with E-state index in [9.17, 15) is 13.2 Å². The molecule has 0 saturated heterocycles. The van der Waals surface area contributed by atoms with Gasteiger partial charge in [0.15, 0.2) is 5.82 Å². The van der Waals surface area contributed by atoms with Crippen LogP contribution in [0.5, 0.6) is 0 Å². The number of carbonyl (C=O) groups is 1. The molecule has 0 aliphatic heterocycles. The second kappa shape index (κ2) is 10.2. The number of nitrogens with one attached hydrogen (secondary N) is 1. The van der Waals surface area contributed by atoms with Gasteiger partial charge in [0, 0.05) is 5.92 Å². The Morgan fingerprint density at radius 1 is 1.14 bits per heavy atom. The molecule has 1 aromatic heterocycles. The maximum atomic E-state index is 9.89. The molecule has 0 radical (unpaired) electrons. The van der Waals surface area contributed by atoms with Crippen molar-refractivity contribution in [2.75, 3.05) is 0 Å². The Kier molecular flexibility index (Phi) is 10.6. The second-order valence-corrected chi connectivity index (χ2v) is 6.95. The molecule has 3 N–H and O–H groups in total. The number of hydrogen-bond acceptors (Lipinski definition) is 6. The Morgan fingerprint density at radius 2 is 1.52 bits per heavy atom. The lowest BCUT2D eigenvalue weighted by Gasteiger charge is -1.94. The lowest BCUT2D eigenvalue weighted by atomic mass is 10.2. The van der Waals surface area contributed by atoms with Crippen LogP contribution < -0.4 is 0 Å². The standard InChI is InChI=1S/C4H8N4.C4H8O2.C3H8O3S/c1-3(2)4-5-7-8-6-4;1-3(2)4(5)6;1-3(2)7(4,5)6/h3H,1-2H3,(H,5,6,7,8);3H,1-2H3,(H,5,6);3H,1-2H3,(H,4,5,6). The van der Waals surface area contributed by atoms with E-state index in [1.165, 1.54) is 13.8 Å². The Hall–Kier alpha value is -1.55. The van der Waals surface area contributed by atoms with Gasteiger partial charge in [-0.2, -0.15) is 13.6 Å². The van der Waals surface area contributed by atoms with Crippen molar-refractivity contribution in [3.8, 4) is 0 Å². The maximum Gasteiger partial charge on any atom is 0.305 e. The number of carboxylic acids is 1. The third-order valence-electron chi connectivity index (χ3n) is 1.97. The zero-order chi connectivity index (χ0) is 17.2. The van der Waals surface area contributed by atoms with Crippen LogP contribution in [-0.2, 0) is 14.9 Å². The summed E-state index contributed by atoms with van der Waals surface area (Å²) in [5.74, 6) is 0.166. The third kappa shape index (κ3) is 13.2. The average Bonchev–Trinajstić information content (AvgIpc) is 2.82. The molecular formula is C11H24N4O5S. The molecule has 0 aromatic carbocycles. The Labute approximate surface area is 124 Å². The molecule has 0 saturated carbocycles. The van der Waals surface area contributed by atoms with E-state index in [0.717, 1.165) is 5.82 Å². The maximum absolute atomic E-state index is 9.89. The van der Waals surface area contributed by atoms with Gasteiger partial charge in [0.05, 0.1) is 11.2 Å². The van der Waals surface area contributed by atoms with Crippen molar-refractivity contribution in [3.63, 3.8) is 0 Å². The van der Waals surface area contributed by atoms with Crippen molar-refractivity contribution < 1.29 is 22.9 Å². The number of rotatable bonds is 3. The van der Waals surface area contributed by atoms with Crippen LogP contribution in [0.3, 0.4) is 0 Å². The highest BCUT2D eigenvalue weighted by Gasteiger charge is 2.08. The molecule has 0 bridgehead atoms. The van der Waals surface area contributed by atoms with Crippen molar-refractivity contribution in [2.24, 2.45) is 5.92 Å². The van der Waals surface area contributed by atoms with Gasteiger partial charge in [-0.1, -0.05) is 32.9 Å². The molecule has 0 unspecified atom stereocenters. The van der Waals surface area contributed by atoms with Crippen LogP contribution in [0, 0.1) is 5.92 Å². The fourth-order valence-corrected chi connectivity index (χ4v) is 0.414. The molecule has 1 aromatic rings. The predicted octanol–water partition coefficient (Wildman–Crippen LogP) is 1.33. The van der Waals surface area contributed by atoms with E-state index in [1.54, 1.807) is 13.8 Å². The first-order valence-electron chi connectivity index (χ1n) is 6.32. The van der Waals surface area contributed by atoms with E-state index in [1.807, 2.05) is 13.8 Å². The highest BCUT2D eigenvalue weighted by Crippen LogP contribution is 2.03. The average molecular weight is 324 g/mol. The van der Waals surface area contributed by atoms with Crippen LogP contribution in [0.2, 0.25) is 0 Å². The summed E-state index contributed by atoms with van der Waals surface area (Å²) >= 11 is 0. The van der Waals surface area contributed by atoms with Crippen molar-refractivity contribution in [3.05, 3.63) is 5.82 Å². The van der Waals surface area contributed by atoms with Gasteiger partial charge >= 0.3 is 5.97 Å². The van der Waals surface area contributed by atoms with E-state index in [0.29, 0.717) is 5.92 Å². The van der Waals surface area contributed by atoms with Gasteiger partial charge in [0.25, 0.3) is 10.1 Å². The van der Waals surface area contributed by atoms with Gasteiger partial charge < -0.3 is 5.11 Å². The summed E-state index contributed by atoms with van der Waals surface area (Å²) in [5, 5.41) is 20.6. The topological polar surface area (TPSA) is 146 Å². The number of aromatic nitrogens is 4. The summed E-state index contributed by atoms with van der Waals surface area (Å²) in [6.45, 7) is 10.1. The van der Waals surface area contributed by atoms with Crippen LogP contribution in [0.25, 0.3) is 0 Å². The molecular weight excluding hydrogens is 300 g/mol. The number of aromatic amines is 1. The zero-order valence-corrected chi connectivity index (χ0v) is 13.9. The van der Waals surface area contributed by atoms with Crippen LogP contribution in [0.15, 0.2) is 0 Å². The van der Waals surface area contributed by atoms with Gasteiger partial charge in [0.1, 0.15) is 0 Å². The Bertz CT molecular complexity index is 483. The number of hydrogen-bond donors (Lipinski definition) is 3. The van der Waals surface area contributed by atoms with Crippen molar-refractivity contribution in [1.82, 2.24) is 20.6 Å². The molecule has 10 heteroatoms. The van der Waals surface area contributed by atoms with Gasteiger partial charge in [0.2, 0.25) is 0 Å². The van der Waals surface area contributed by atoms with Crippen molar-refractivity contribution in [2.45, 2.75) is 52.7 Å². The fraction of sp³-hybridized carbons (Fsp3) is 0.818. The normalized spacial score (nSPS) is 10.8. The molecule has 124 valence electrons. The monoisotopic (exact) mass is 324 g/mol. The quantitative estimate of drug-likeness (QED) is 0.706. The van der Waals surface area contributed by atoms with Gasteiger partial charge in [-0.05, 0) is 13.8 Å². The minimum atomic E-state index is -3.74. The summed E-state index contributed by atoms with van der Waals surface area (Å²) in [4.78, 5) is 9.70. The highest BCUT2D eigenvalue weighted by atomic mass is 32.2. The number of H-pyrrole nitrogens is 1. The molecule has 0 aliphatic rings. The molecule has 21 heavy (non-hydrogen) atoms. The zero-order valence-electron chi connectivity index (χ0n) is 13.1. The minimum Gasteiger partial charge on any atom is -0.481 e. The summed E-state index contributed by atoms with van der Waals surface area (Å²) < 4.78 is 27.8. The van der Waals surface area contributed by atoms with Gasteiger partial charge in [-0.25, -0.2) is 0 Å². The van der Waals surface area contributed by atoms with Crippen LogP contribution >= 0.6 is 0 Å². The molecule has 1 rings (SSSR count). The van der Waals surface area contributed by atoms with Crippen molar-refractivity contribution >= 4 is 16.1 Å². The molecule has 0 amide bonds. The molecule has 0 aliphatic carbocycles. The number of nitrogens with zero attached hydrogens (tertiary/aromatic N) is 3. The molecule has 0 atom stereocenters. The Balaban J connectivity index is 0. The predicted molar refractivity (Wildman–Crippen MR) is 77.4 cm³/mol. The SMILES string of the molecule is CC(C)C(=O)O.CC(C)S(=O)(=O)O.CC(C)c1nn[nH]n1. The summed E-state index contributed by atoms with van der Waals surface area (Å²) in [5.41, 5.74) is 0. The lowest BCUT2D eigenvalue weighted by molar-refractivity contribution is -0.140. The number of carboxylic acid groups (broad SMARTS) is 1. The number of tetrazole rings is 1. The van der Waals surface area contributed by atoms with Gasteiger partial charge in [-0.3, -0.25) is 9.35 Å². The molecule has 0 fully saturated rings. The molecule has 1 heterocycles. The first-order valence-corrected chi connectivity index (χ1v) is 7.82. The fourth-order valence-electron chi connectivity index (χ4n) is 0.414. The van der Waals surface area contributed by atoms with E-state index in [4.69, 9.17) is 9.66 Å². The van der Waals surface area contributed by atoms with Crippen molar-refractivity contribution in [1.29, 1.82) is 0 Å². The molecule has 9 nitrogen and oxygen atoms in total. The first-order chi connectivity index (χ1) is 9.39. The van der Waals surface area contributed by atoms with E-state index in [-0.39, 0.29) is 5.92 Å². The van der Waals surface area contributed by atoms with E-state index < -0.39 is 21.3 Å². The first kappa shape index (κ1) is 21.7. The summed E-state index contributed by atoms with van der Waals surface area (Å²) in [6, 6.07) is 0. The van der Waals surface area contributed by atoms with Crippen LogP contribution in [0.1, 0.15) is 53.3 Å². The third-order valence-corrected chi connectivity index (χ3v) is 3.16. The Morgan fingerprint density at radius 3 is 1.62 bits per heavy atom. The minimum absolute atomic E-state index is 0.231. The molecule has 0 spiro atoms. The van der Waals surface area contributed by atoms with Crippen LogP contribution in [0.4, 0.5) is 0 Å². The lowest BCUT2D eigenvalue weighted by Crippen LogP contribution is -2.10.